The van der Waals surface area contributed by atoms with Crippen LogP contribution >= 0.6 is 45.2 Å². The number of rotatable bonds is 1. The Labute approximate surface area is 97.6 Å². The molecule has 0 amide bonds. The Morgan fingerprint density at radius 2 is 1.83 bits per heavy atom. The topological polar surface area (TPSA) is 54.4 Å². The molecule has 0 aliphatic carbocycles. The molecule has 0 saturated heterocycles. The Hall–Kier alpha value is 0.590. The maximum Gasteiger partial charge on any atom is 0.295 e. The maximum atomic E-state index is 10.8. The molecule has 0 aliphatic rings. The summed E-state index contributed by atoms with van der Waals surface area (Å²) in [5, 5.41) is 0. The average Bonchev–Trinajstić information content (AvgIpc) is 1.92. The normalized spacial score (nSPS) is 11.6. The summed E-state index contributed by atoms with van der Waals surface area (Å²) >= 11 is 3.89. The molecule has 0 radical (unpaired) electrons. The molecule has 1 rings (SSSR count). The summed E-state index contributed by atoms with van der Waals surface area (Å²) in [7, 11) is -4.07. The van der Waals surface area contributed by atoms with Crippen molar-refractivity contribution in [1.82, 2.24) is 0 Å². The molecule has 6 heteroatoms. The van der Waals surface area contributed by atoms with Gasteiger partial charge in [-0.1, -0.05) is 6.07 Å². The summed E-state index contributed by atoms with van der Waals surface area (Å²) in [6.45, 7) is 0. The first kappa shape index (κ1) is 10.7. The van der Waals surface area contributed by atoms with Crippen LogP contribution in [-0.2, 0) is 10.1 Å². The smallest absolute Gasteiger partial charge is 0.282 e. The van der Waals surface area contributed by atoms with Gasteiger partial charge in [0.2, 0.25) is 0 Å². The van der Waals surface area contributed by atoms with Crippen LogP contribution in [0.2, 0.25) is 0 Å². The van der Waals surface area contributed by atoms with E-state index in [0.29, 0.717) is 3.57 Å². The Balaban J connectivity index is 3.47. The van der Waals surface area contributed by atoms with Gasteiger partial charge in [-0.05, 0) is 57.3 Å². The predicted octanol–water partition coefficient (Wildman–Crippen LogP) is 2.14. The van der Waals surface area contributed by atoms with Crippen molar-refractivity contribution in [2.75, 3.05) is 0 Å². The van der Waals surface area contributed by atoms with Gasteiger partial charge in [0, 0.05) is 7.14 Å². The van der Waals surface area contributed by atoms with Crippen LogP contribution in [0.25, 0.3) is 0 Å². The van der Waals surface area contributed by atoms with Gasteiger partial charge in [-0.3, -0.25) is 4.55 Å². The molecule has 0 spiro atoms. The van der Waals surface area contributed by atoms with E-state index in [2.05, 4.69) is 0 Å². The fourth-order valence-electron chi connectivity index (χ4n) is 0.683. The fourth-order valence-corrected chi connectivity index (χ4v) is 3.15. The van der Waals surface area contributed by atoms with Gasteiger partial charge >= 0.3 is 0 Å². The van der Waals surface area contributed by atoms with Crippen LogP contribution in [0.4, 0.5) is 0 Å². The number of halogens is 2. The van der Waals surface area contributed by atoms with Crippen molar-refractivity contribution in [2.24, 2.45) is 0 Å². The zero-order chi connectivity index (χ0) is 9.35. The van der Waals surface area contributed by atoms with Gasteiger partial charge in [0.05, 0.1) is 0 Å². The summed E-state index contributed by atoms with van der Waals surface area (Å²) in [5.74, 6) is 0. The van der Waals surface area contributed by atoms with Crippen LogP contribution in [-0.4, -0.2) is 13.0 Å². The minimum absolute atomic E-state index is 0.0324. The molecule has 0 unspecified atom stereocenters. The van der Waals surface area contributed by atoms with Gasteiger partial charge < -0.3 is 0 Å². The third-order valence-corrected chi connectivity index (χ3v) is 5.55. The van der Waals surface area contributed by atoms with E-state index in [1.54, 1.807) is 12.1 Å². The van der Waals surface area contributed by atoms with Gasteiger partial charge in [-0.2, -0.15) is 8.42 Å². The highest BCUT2D eigenvalue weighted by atomic mass is 127. The van der Waals surface area contributed by atoms with E-state index in [-0.39, 0.29) is 4.90 Å². The molecule has 3 nitrogen and oxygen atoms in total. The first-order valence-corrected chi connectivity index (χ1v) is 6.44. The lowest BCUT2D eigenvalue weighted by Crippen LogP contribution is -2.01. The minimum Gasteiger partial charge on any atom is -0.282 e. The molecule has 0 fully saturated rings. The molecule has 0 heterocycles. The standard InChI is InChI=1S/C6H4I2O3S/c7-4-2-1-3-5(6(4)8)12(9,10)11/h1-3H,(H,9,10,11). The molecule has 0 aromatic heterocycles. The Morgan fingerprint density at radius 1 is 1.25 bits per heavy atom. The molecule has 1 aromatic carbocycles. The third kappa shape index (κ3) is 2.30. The summed E-state index contributed by atoms with van der Waals surface area (Å²) in [6, 6.07) is 4.74. The number of hydrogen-bond donors (Lipinski definition) is 1. The van der Waals surface area contributed by atoms with Crippen LogP contribution in [0.15, 0.2) is 23.1 Å². The lowest BCUT2D eigenvalue weighted by molar-refractivity contribution is 0.482. The van der Waals surface area contributed by atoms with E-state index in [9.17, 15) is 8.42 Å². The Morgan fingerprint density at radius 3 is 2.25 bits per heavy atom. The van der Waals surface area contributed by atoms with E-state index in [1.807, 2.05) is 45.2 Å². The molecule has 0 saturated carbocycles. The Bertz CT molecular complexity index is 399. The minimum atomic E-state index is -4.07. The van der Waals surface area contributed by atoms with E-state index in [0.717, 1.165) is 3.57 Å². The van der Waals surface area contributed by atoms with E-state index >= 15 is 0 Å². The molecule has 0 bridgehead atoms. The average molecular weight is 410 g/mol. The van der Waals surface area contributed by atoms with E-state index < -0.39 is 10.1 Å². The monoisotopic (exact) mass is 410 g/mol. The van der Waals surface area contributed by atoms with Crippen LogP contribution in [0.3, 0.4) is 0 Å². The highest BCUT2D eigenvalue weighted by Gasteiger charge is 2.14. The molecular formula is C6H4I2O3S. The van der Waals surface area contributed by atoms with Crippen molar-refractivity contribution < 1.29 is 13.0 Å². The predicted molar refractivity (Wildman–Crippen MR) is 61.7 cm³/mol. The number of hydrogen-bond acceptors (Lipinski definition) is 2. The van der Waals surface area contributed by atoms with Crippen molar-refractivity contribution in [3.8, 4) is 0 Å². The molecule has 0 atom stereocenters. The molecule has 1 aromatic rings. The van der Waals surface area contributed by atoms with Crippen molar-refractivity contribution in [3.05, 3.63) is 25.3 Å². The van der Waals surface area contributed by atoms with Gasteiger partial charge in [-0.25, -0.2) is 0 Å². The lowest BCUT2D eigenvalue weighted by atomic mass is 10.4. The van der Waals surface area contributed by atoms with Crippen LogP contribution < -0.4 is 0 Å². The van der Waals surface area contributed by atoms with Crippen molar-refractivity contribution in [3.63, 3.8) is 0 Å². The quantitative estimate of drug-likeness (QED) is 0.571. The molecule has 66 valence electrons. The molecular weight excluding hydrogens is 406 g/mol. The fraction of sp³-hybridized carbons (Fsp3) is 0. The van der Waals surface area contributed by atoms with Crippen LogP contribution in [0, 0.1) is 7.14 Å². The van der Waals surface area contributed by atoms with Crippen molar-refractivity contribution >= 4 is 55.3 Å². The second-order valence-electron chi connectivity index (χ2n) is 2.03. The van der Waals surface area contributed by atoms with E-state index in [4.69, 9.17) is 4.55 Å². The molecule has 12 heavy (non-hydrogen) atoms. The van der Waals surface area contributed by atoms with Crippen molar-refractivity contribution in [2.45, 2.75) is 4.90 Å². The highest BCUT2D eigenvalue weighted by Crippen LogP contribution is 2.22. The zero-order valence-electron chi connectivity index (χ0n) is 5.66. The highest BCUT2D eigenvalue weighted by molar-refractivity contribution is 14.1. The summed E-state index contributed by atoms with van der Waals surface area (Å²) in [5.41, 5.74) is 0. The summed E-state index contributed by atoms with van der Waals surface area (Å²) in [6.07, 6.45) is 0. The van der Waals surface area contributed by atoms with Gasteiger partial charge in [-0.15, -0.1) is 0 Å². The first-order valence-electron chi connectivity index (χ1n) is 2.84. The lowest BCUT2D eigenvalue weighted by Gasteiger charge is -2.01. The molecule has 1 N–H and O–H groups in total. The van der Waals surface area contributed by atoms with Gasteiger partial charge in [0.1, 0.15) is 4.90 Å². The van der Waals surface area contributed by atoms with Crippen LogP contribution in [0.5, 0.6) is 0 Å². The number of benzene rings is 1. The second-order valence-corrected chi connectivity index (χ2v) is 5.66. The van der Waals surface area contributed by atoms with Crippen LogP contribution in [0.1, 0.15) is 0 Å². The Kier molecular flexibility index (Phi) is 3.34. The van der Waals surface area contributed by atoms with E-state index in [1.165, 1.54) is 6.07 Å². The largest absolute Gasteiger partial charge is 0.295 e. The zero-order valence-corrected chi connectivity index (χ0v) is 10.8. The summed E-state index contributed by atoms with van der Waals surface area (Å²) in [4.78, 5) is -0.0324. The van der Waals surface area contributed by atoms with Gasteiger partial charge in [0.25, 0.3) is 10.1 Å². The first-order chi connectivity index (χ1) is 5.43. The maximum absolute atomic E-state index is 10.8. The molecule has 0 aliphatic heterocycles. The summed E-state index contributed by atoms with van der Waals surface area (Å²) < 4.78 is 31.6. The van der Waals surface area contributed by atoms with Crippen molar-refractivity contribution in [1.29, 1.82) is 0 Å². The SMILES string of the molecule is O=S(=O)(O)c1cccc(I)c1I. The second kappa shape index (κ2) is 3.76. The van der Waals surface area contributed by atoms with Gasteiger partial charge in [0.15, 0.2) is 0 Å². The third-order valence-electron chi connectivity index (χ3n) is 1.19.